The molecule has 3 N–H and O–H groups in total. The summed E-state index contributed by atoms with van der Waals surface area (Å²) in [6.45, 7) is 2.67. The zero-order valence-electron chi connectivity index (χ0n) is 26.0. The lowest BCUT2D eigenvalue weighted by Gasteiger charge is -2.38. The van der Waals surface area contributed by atoms with Crippen LogP contribution in [0.15, 0.2) is 42.6 Å². The Morgan fingerprint density at radius 2 is 1.87 bits per heavy atom. The first-order valence-corrected chi connectivity index (χ1v) is 15.2. The highest BCUT2D eigenvalue weighted by atomic mass is 35.5. The third-order valence-corrected chi connectivity index (χ3v) is 8.25. The molecule has 3 aliphatic rings. The SMILES string of the molecule is COc1ccc2cc1OCC(=O)N[C@@H]1CN(C(=O)c3cn4c(n3)CCNCC4)CC[C@H]1Oc1cc(F)cc(c1)CNC(=O)CC2.Cl.Cl. The summed E-state index contributed by atoms with van der Waals surface area (Å²) in [6.07, 6.45) is 2.98. The standard InChI is InChI=1S/C32H37FN6O6.2ClH/c1-43-27-4-2-20-3-5-30(40)35-16-21-12-22(33)15-23(13-21)45-26-7-10-39(17-24(26)37-31(41)19-44-28(27)14-20)32(42)25-18-38-11-9-34-8-6-29(38)36-25;;/h2,4,12-15,18,24,26,34H,3,5-11,16-17,19H2,1H3,(H,35,40)(H,37,41);2*1H/t24-,26-;;/m1../s1. The molecule has 2 atom stereocenters. The fourth-order valence-electron chi connectivity index (χ4n) is 5.93. The third-order valence-electron chi connectivity index (χ3n) is 8.25. The van der Waals surface area contributed by atoms with Gasteiger partial charge in [-0.2, -0.15) is 0 Å². The normalized spacial score (nSPS) is 20.0. The Hall–Kier alpha value is -4.07. The Bertz CT molecular complexity index is 1570. The van der Waals surface area contributed by atoms with E-state index in [0.29, 0.717) is 42.1 Å². The number of nitrogens with one attached hydrogen (secondary N) is 3. The fourth-order valence-corrected chi connectivity index (χ4v) is 5.93. The molecule has 1 fully saturated rings. The van der Waals surface area contributed by atoms with Crippen molar-refractivity contribution in [2.75, 3.05) is 39.9 Å². The van der Waals surface area contributed by atoms with Crippen LogP contribution in [0.25, 0.3) is 0 Å². The van der Waals surface area contributed by atoms with Crippen molar-refractivity contribution in [1.29, 1.82) is 0 Å². The van der Waals surface area contributed by atoms with Gasteiger partial charge < -0.3 is 39.6 Å². The monoisotopic (exact) mass is 692 g/mol. The van der Waals surface area contributed by atoms with E-state index in [1.165, 1.54) is 19.2 Å². The van der Waals surface area contributed by atoms with Gasteiger partial charge in [-0.1, -0.05) is 6.07 Å². The summed E-state index contributed by atoms with van der Waals surface area (Å²) in [7, 11) is 1.51. The van der Waals surface area contributed by atoms with Gasteiger partial charge in [0.05, 0.1) is 13.2 Å². The van der Waals surface area contributed by atoms with E-state index in [0.717, 1.165) is 37.4 Å². The van der Waals surface area contributed by atoms with E-state index < -0.39 is 23.9 Å². The summed E-state index contributed by atoms with van der Waals surface area (Å²) in [4.78, 5) is 45.7. The number of imidazole rings is 1. The van der Waals surface area contributed by atoms with E-state index in [1.54, 1.807) is 29.3 Å². The Balaban J connectivity index is 0.00000250. The fraction of sp³-hybridized carbons (Fsp3) is 0.438. The molecule has 1 aromatic heterocycles. The van der Waals surface area contributed by atoms with Crippen molar-refractivity contribution in [3.8, 4) is 17.2 Å². The molecular formula is C32H39Cl2FN6O6. The van der Waals surface area contributed by atoms with Crippen LogP contribution < -0.4 is 30.2 Å². The molecule has 47 heavy (non-hydrogen) atoms. The number of benzene rings is 2. The average molecular weight is 694 g/mol. The smallest absolute Gasteiger partial charge is 0.274 e. The maximum atomic E-state index is 14.6. The molecule has 1 saturated heterocycles. The summed E-state index contributed by atoms with van der Waals surface area (Å²) in [6, 6.07) is 8.98. The summed E-state index contributed by atoms with van der Waals surface area (Å²) >= 11 is 0. The molecule has 0 unspecified atom stereocenters. The number of aryl methyl sites for hydroxylation is 1. The molecule has 12 nitrogen and oxygen atoms in total. The largest absolute Gasteiger partial charge is 0.493 e. The number of nitrogens with zero attached hydrogens (tertiary/aromatic N) is 3. The second-order valence-electron chi connectivity index (χ2n) is 11.5. The maximum Gasteiger partial charge on any atom is 0.274 e. The quantitative estimate of drug-likeness (QED) is 0.373. The van der Waals surface area contributed by atoms with Gasteiger partial charge in [0.15, 0.2) is 18.1 Å². The van der Waals surface area contributed by atoms with Crippen molar-refractivity contribution < 1.29 is 33.0 Å². The summed E-state index contributed by atoms with van der Waals surface area (Å²) in [5.41, 5.74) is 1.74. The molecule has 0 aliphatic carbocycles. The third kappa shape index (κ3) is 8.85. The van der Waals surface area contributed by atoms with Crippen molar-refractivity contribution >= 4 is 42.5 Å². The van der Waals surface area contributed by atoms with Crippen LogP contribution in [0.3, 0.4) is 0 Å². The van der Waals surface area contributed by atoms with Crippen molar-refractivity contribution in [3.05, 3.63) is 71.1 Å². The van der Waals surface area contributed by atoms with E-state index in [4.69, 9.17) is 14.2 Å². The second kappa shape index (κ2) is 16.2. The Morgan fingerprint density at radius 1 is 1.02 bits per heavy atom. The van der Waals surface area contributed by atoms with Crippen LogP contribution in [0.4, 0.5) is 4.39 Å². The van der Waals surface area contributed by atoms with E-state index in [9.17, 15) is 18.8 Å². The van der Waals surface area contributed by atoms with Crippen molar-refractivity contribution in [3.63, 3.8) is 0 Å². The Kier molecular flexibility index (Phi) is 12.3. The molecule has 4 bridgehead atoms. The number of piperidine rings is 1. The minimum atomic E-state index is -0.623. The van der Waals surface area contributed by atoms with Gasteiger partial charge in [0.1, 0.15) is 29.2 Å². The van der Waals surface area contributed by atoms with Crippen LogP contribution in [0.1, 0.15) is 40.3 Å². The molecule has 0 radical (unpaired) electrons. The van der Waals surface area contributed by atoms with Crippen LogP contribution in [-0.2, 0) is 35.5 Å². The first-order chi connectivity index (χ1) is 21.8. The number of hydrogen-bond donors (Lipinski definition) is 3. The number of carbonyl (C=O) groups is 3. The number of likely N-dealkylation sites (tertiary alicyclic amines) is 1. The van der Waals surface area contributed by atoms with E-state index in [1.807, 2.05) is 10.6 Å². The minimum Gasteiger partial charge on any atom is -0.493 e. The number of halogens is 3. The zero-order chi connectivity index (χ0) is 31.3. The first kappa shape index (κ1) is 35.8. The molecule has 254 valence electrons. The predicted octanol–water partition coefficient (Wildman–Crippen LogP) is 2.44. The number of carbonyl (C=O) groups excluding carboxylic acids is 3. The van der Waals surface area contributed by atoms with Crippen LogP contribution in [-0.4, -0.2) is 84.2 Å². The molecule has 4 heterocycles. The van der Waals surface area contributed by atoms with Gasteiger partial charge in [0.25, 0.3) is 11.8 Å². The number of fused-ring (bicyclic) bond motifs is 6. The summed E-state index contributed by atoms with van der Waals surface area (Å²) < 4.78 is 34.2. The highest BCUT2D eigenvalue weighted by Gasteiger charge is 2.35. The predicted molar refractivity (Wildman–Crippen MR) is 175 cm³/mol. The lowest BCUT2D eigenvalue weighted by atomic mass is 10.0. The molecule has 0 spiro atoms. The van der Waals surface area contributed by atoms with Gasteiger partial charge in [-0.15, -0.1) is 24.8 Å². The van der Waals surface area contributed by atoms with Gasteiger partial charge in [0.2, 0.25) is 5.91 Å². The zero-order valence-corrected chi connectivity index (χ0v) is 27.6. The Labute approximate surface area is 284 Å². The highest BCUT2D eigenvalue weighted by Crippen LogP contribution is 2.29. The van der Waals surface area contributed by atoms with Gasteiger partial charge in [-0.3, -0.25) is 14.4 Å². The van der Waals surface area contributed by atoms with E-state index >= 15 is 0 Å². The van der Waals surface area contributed by atoms with E-state index in [2.05, 4.69) is 20.9 Å². The van der Waals surface area contributed by atoms with Crippen molar-refractivity contribution in [2.24, 2.45) is 0 Å². The summed E-state index contributed by atoms with van der Waals surface area (Å²) in [5, 5.41) is 9.15. The first-order valence-electron chi connectivity index (χ1n) is 15.2. The Morgan fingerprint density at radius 3 is 2.70 bits per heavy atom. The lowest BCUT2D eigenvalue weighted by molar-refractivity contribution is -0.125. The van der Waals surface area contributed by atoms with Gasteiger partial charge in [-0.25, -0.2) is 9.37 Å². The van der Waals surface area contributed by atoms with Gasteiger partial charge in [-0.05, 0) is 41.8 Å². The topological polar surface area (TPSA) is 136 Å². The minimum absolute atomic E-state index is 0. The van der Waals surface area contributed by atoms with E-state index in [-0.39, 0.29) is 68.5 Å². The second-order valence-corrected chi connectivity index (χ2v) is 11.5. The number of hydrogen-bond acceptors (Lipinski definition) is 8. The molecule has 6 rings (SSSR count). The molecule has 3 aliphatic heterocycles. The maximum absolute atomic E-state index is 14.6. The molecule has 15 heteroatoms. The van der Waals surface area contributed by atoms with Crippen LogP contribution in [0.5, 0.6) is 17.2 Å². The van der Waals surface area contributed by atoms with Gasteiger partial charge >= 0.3 is 0 Å². The molecule has 3 amide bonds. The molecule has 3 aromatic rings. The summed E-state index contributed by atoms with van der Waals surface area (Å²) in [5.74, 6) is 0.620. The van der Waals surface area contributed by atoms with Crippen LogP contribution in [0, 0.1) is 5.82 Å². The highest BCUT2D eigenvalue weighted by molar-refractivity contribution is 5.92. The number of rotatable bonds is 2. The van der Waals surface area contributed by atoms with Crippen LogP contribution in [0.2, 0.25) is 0 Å². The number of ether oxygens (including phenoxy) is 3. The number of aromatic nitrogens is 2. The number of amides is 3. The van der Waals surface area contributed by atoms with Crippen molar-refractivity contribution in [2.45, 2.75) is 50.9 Å². The molecule has 0 saturated carbocycles. The van der Waals surface area contributed by atoms with Crippen molar-refractivity contribution in [1.82, 2.24) is 30.4 Å². The number of methoxy groups -OCH3 is 1. The van der Waals surface area contributed by atoms with Crippen LogP contribution >= 0.6 is 24.8 Å². The lowest BCUT2D eigenvalue weighted by Crippen LogP contribution is -2.58. The average Bonchev–Trinajstić information content (AvgIpc) is 3.31. The molecule has 2 aromatic carbocycles. The van der Waals surface area contributed by atoms with Gasteiger partial charge in [0, 0.05) is 70.8 Å². The molecular weight excluding hydrogens is 654 g/mol.